The standard InChI is InChI=1S/C15H23FN2/c1-3-12-5-4-11(2)18(10-12)15-7-13(9-17)6-14(16)8-15/h6-8,11-12H,3-5,9-10,17H2,1-2H3. The lowest BCUT2D eigenvalue weighted by Crippen LogP contribution is -2.41. The monoisotopic (exact) mass is 250 g/mol. The number of benzene rings is 1. The third-order valence-corrected chi connectivity index (χ3v) is 4.07. The van der Waals surface area contributed by atoms with Crippen LogP contribution in [0.25, 0.3) is 0 Å². The van der Waals surface area contributed by atoms with Crippen molar-refractivity contribution in [3.05, 3.63) is 29.6 Å². The molecule has 2 N–H and O–H groups in total. The Morgan fingerprint density at radius 1 is 1.33 bits per heavy atom. The zero-order chi connectivity index (χ0) is 13.1. The van der Waals surface area contributed by atoms with Gasteiger partial charge in [0.25, 0.3) is 0 Å². The van der Waals surface area contributed by atoms with Gasteiger partial charge in [-0.25, -0.2) is 4.39 Å². The number of anilines is 1. The average Bonchev–Trinajstić information content (AvgIpc) is 2.38. The molecule has 1 aliphatic rings. The molecule has 0 bridgehead atoms. The highest BCUT2D eigenvalue weighted by atomic mass is 19.1. The predicted molar refractivity (Wildman–Crippen MR) is 74.1 cm³/mol. The predicted octanol–water partition coefficient (Wildman–Crippen LogP) is 3.30. The van der Waals surface area contributed by atoms with E-state index in [2.05, 4.69) is 18.7 Å². The molecule has 0 aliphatic carbocycles. The normalized spacial score (nSPS) is 24.3. The Bertz CT molecular complexity index is 405. The fourth-order valence-corrected chi connectivity index (χ4v) is 2.79. The molecule has 0 spiro atoms. The van der Waals surface area contributed by atoms with E-state index in [0.717, 1.165) is 23.7 Å². The molecule has 18 heavy (non-hydrogen) atoms. The van der Waals surface area contributed by atoms with Crippen LogP contribution in [-0.4, -0.2) is 12.6 Å². The van der Waals surface area contributed by atoms with E-state index in [-0.39, 0.29) is 5.82 Å². The van der Waals surface area contributed by atoms with Crippen LogP contribution in [-0.2, 0) is 6.54 Å². The molecule has 1 heterocycles. The van der Waals surface area contributed by atoms with Gasteiger partial charge in [-0.05, 0) is 49.4 Å². The van der Waals surface area contributed by atoms with Crippen LogP contribution in [0.4, 0.5) is 10.1 Å². The van der Waals surface area contributed by atoms with Crippen molar-refractivity contribution in [3.63, 3.8) is 0 Å². The molecule has 0 amide bonds. The van der Waals surface area contributed by atoms with Gasteiger partial charge in [-0.3, -0.25) is 0 Å². The maximum Gasteiger partial charge on any atom is 0.125 e. The molecule has 0 aromatic heterocycles. The van der Waals surface area contributed by atoms with Crippen LogP contribution < -0.4 is 10.6 Å². The molecular weight excluding hydrogens is 227 g/mol. The molecule has 0 radical (unpaired) electrons. The van der Waals surface area contributed by atoms with Crippen molar-refractivity contribution in [1.82, 2.24) is 0 Å². The molecule has 1 aromatic carbocycles. The van der Waals surface area contributed by atoms with Crippen LogP contribution in [0.1, 0.15) is 38.7 Å². The van der Waals surface area contributed by atoms with E-state index >= 15 is 0 Å². The van der Waals surface area contributed by atoms with Crippen molar-refractivity contribution in [1.29, 1.82) is 0 Å². The number of halogens is 1. The molecule has 1 saturated heterocycles. The quantitative estimate of drug-likeness (QED) is 0.892. The topological polar surface area (TPSA) is 29.3 Å². The number of piperidine rings is 1. The van der Waals surface area contributed by atoms with Gasteiger partial charge < -0.3 is 10.6 Å². The summed E-state index contributed by atoms with van der Waals surface area (Å²) >= 11 is 0. The Labute approximate surface area is 109 Å². The van der Waals surface area contributed by atoms with E-state index in [1.807, 2.05) is 6.07 Å². The number of nitrogens with zero attached hydrogens (tertiary/aromatic N) is 1. The third-order valence-electron chi connectivity index (χ3n) is 4.07. The van der Waals surface area contributed by atoms with Gasteiger partial charge in [-0.1, -0.05) is 13.3 Å². The van der Waals surface area contributed by atoms with E-state index in [0.29, 0.717) is 12.6 Å². The molecule has 1 aliphatic heterocycles. The van der Waals surface area contributed by atoms with Gasteiger partial charge >= 0.3 is 0 Å². The summed E-state index contributed by atoms with van der Waals surface area (Å²) in [5.74, 6) is 0.546. The number of hydrogen-bond acceptors (Lipinski definition) is 2. The molecule has 3 heteroatoms. The van der Waals surface area contributed by atoms with Gasteiger partial charge in [-0.15, -0.1) is 0 Å². The lowest BCUT2D eigenvalue weighted by Gasteiger charge is -2.39. The zero-order valence-corrected chi connectivity index (χ0v) is 11.3. The molecule has 2 nitrogen and oxygen atoms in total. The van der Waals surface area contributed by atoms with Crippen molar-refractivity contribution in [3.8, 4) is 0 Å². The minimum atomic E-state index is -0.182. The van der Waals surface area contributed by atoms with E-state index < -0.39 is 0 Å². The molecular formula is C15H23FN2. The lowest BCUT2D eigenvalue weighted by atomic mass is 9.91. The first-order valence-electron chi connectivity index (χ1n) is 6.90. The molecule has 1 fully saturated rings. The van der Waals surface area contributed by atoms with Gasteiger partial charge in [0, 0.05) is 24.8 Å². The summed E-state index contributed by atoms with van der Waals surface area (Å²) in [6.07, 6.45) is 3.67. The van der Waals surface area contributed by atoms with Crippen LogP contribution in [0.2, 0.25) is 0 Å². The zero-order valence-electron chi connectivity index (χ0n) is 11.3. The molecule has 2 atom stereocenters. The fraction of sp³-hybridized carbons (Fsp3) is 0.600. The second-order valence-electron chi connectivity index (χ2n) is 5.37. The summed E-state index contributed by atoms with van der Waals surface area (Å²) in [7, 11) is 0. The van der Waals surface area contributed by atoms with Gasteiger partial charge in [0.15, 0.2) is 0 Å². The minimum absolute atomic E-state index is 0.182. The van der Waals surface area contributed by atoms with Crippen LogP contribution >= 0.6 is 0 Å². The van der Waals surface area contributed by atoms with E-state index in [4.69, 9.17) is 5.73 Å². The van der Waals surface area contributed by atoms with E-state index in [1.165, 1.54) is 25.3 Å². The van der Waals surface area contributed by atoms with Crippen LogP contribution in [0.3, 0.4) is 0 Å². The Morgan fingerprint density at radius 2 is 2.11 bits per heavy atom. The van der Waals surface area contributed by atoms with Crippen LogP contribution in [0.5, 0.6) is 0 Å². The maximum atomic E-state index is 13.6. The summed E-state index contributed by atoms with van der Waals surface area (Å²) < 4.78 is 13.6. The molecule has 2 rings (SSSR count). The fourth-order valence-electron chi connectivity index (χ4n) is 2.79. The van der Waals surface area contributed by atoms with Gasteiger partial charge in [0.05, 0.1) is 0 Å². The average molecular weight is 250 g/mol. The molecule has 0 saturated carbocycles. The smallest absolute Gasteiger partial charge is 0.125 e. The first-order valence-corrected chi connectivity index (χ1v) is 6.90. The largest absolute Gasteiger partial charge is 0.368 e. The summed E-state index contributed by atoms with van der Waals surface area (Å²) in [4.78, 5) is 2.33. The highest BCUT2D eigenvalue weighted by Gasteiger charge is 2.25. The molecule has 2 unspecified atom stereocenters. The Hall–Kier alpha value is -1.09. The van der Waals surface area contributed by atoms with Gasteiger partial charge in [0.2, 0.25) is 0 Å². The molecule has 100 valence electrons. The summed E-state index contributed by atoms with van der Waals surface area (Å²) in [5.41, 5.74) is 7.48. The van der Waals surface area contributed by atoms with E-state index in [9.17, 15) is 4.39 Å². The third kappa shape index (κ3) is 2.83. The Kier molecular flexibility index (Phi) is 4.23. The molecule has 1 aromatic rings. The second-order valence-corrected chi connectivity index (χ2v) is 5.37. The minimum Gasteiger partial charge on any atom is -0.368 e. The second kappa shape index (κ2) is 5.70. The van der Waals surface area contributed by atoms with Crippen molar-refractivity contribution in [2.75, 3.05) is 11.4 Å². The first-order chi connectivity index (χ1) is 8.63. The van der Waals surface area contributed by atoms with Gasteiger partial charge in [-0.2, -0.15) is 0 Å². The summed E-state index contributed by atoms with van der Waals surface area (Å²) in [5, 5.41) is 0. The van der Waals surface area contributed by atoms with Crippen molar-refractivity contribution in [2.24, 2.45) is 11.7 Å². The Balaban J connectivity index is 2.25. The highest BCUT2D eigenvalue weighted by molar-refractivity contribution is 5.50. The first kappa shape index (κ1) is 13.3. The van der Waals surface area contributed by atoms with Gasteiger partial charge in [0.1, 0.15) is 5.82 Å². The number of hydrogen-bond donors (Lipinski definition) is 1. The Morgan fingerprint density at radius 3 is 2.78 bits per heavy atom. The van der Waals surface area contributed by atoms with Crippen molar-refractivity contribution < 1.29 is 4.39 Å². The van der Waals surface area contributed by atoms with Crippen LogP contribution in [0, 0.1) is 11.7 Å². The highest BCUT2D eigenvalue weighted by Crippen LogP contribution is 2.30. The number of rotatable bonds is 3. The van der Waals surface area contributed by atoms with Crippen molar-refractivity contribution >= 4 is 5.69 Å². The summed E-state index contributed by atoms with van der Waals surface area (Å²) in [6.45, 7) is 5.88. The van der Waals surface area contributed by atoms with Crippen molar-refractivity contribution in [2.45, 2.75) is 45.7 Å². The lowest BCUT2D eigenvalue weighted by molar-refractivity contribution is 0.359. The SMILES string of the molecule is CCC1CCC(C)N(c2cc(F)cc(CN)c2)C1. The number of nitrogens with two attached hydrogens (primary N) is 1. The summed E-state index contributed by atoms with van der Waals surface area (Å²) in [6, 6.07) is 5.67. The van der Waals surface area contributed by atoms with E-state index in [1.54, 1.807) is 6.07 Å². The van der Waals surface area contributed by atoms with Crippen LogP contribution in [0.15, 0.2) is 18.2 Å². The maximum absolute atomic E-state index is 13.6.